The number of hydrogen-bond acceptors (Lipinski definition) is 4. The highest BCUT2D eigenvalue weighted by Gasteiger charge is 2.14. The summed E-state index contributed by atoms with van der Waals surface area (Å²) in [6, 6.07) is 10.7. The summed E-state index contributed by atoms with van der Waals surface area (Å²) in [6.45, 7) is 2.14. The van der Waals surface area contributed by atoms with Crippen molar-refractivity contribution in [2.45, 2.75) is 18.2 Å². The van der Waals surface area contributed by atoms with Crippen molar-refractivity contribution in [2.75, 3.05) is 13.2 Å². The smallest absolute Gasteiger partial charge is 0.240 e. The summed E-state index contributed by atoms with van der Waals surface area (Å²) in [6.07, 6.45) is 2.12. The number of nitrogens with zero attached hydrogens (tertiary/aromatic N) is 1. The molecule has 0 saturated carbocycles. The van der Waals surface area contributed by atoms with Crippen LogP contribution in [0.4, 0.5) is 0 Å². The van der Waals surface area contributed by atoms with Crippen molar-refractivity contribution in [3.8, 4) is 11.1 Å². The Morgan fingerprint density at radius 1 is 1.21 bits per heavy atom. The maximum Gasteiger partial charge on any atom is 0.240 e. The maximum atomic E-state index is 12.2. The molecule has 3 rings (SSSR count). The van der Waals surface area contributed by atoms with Gasteiger partial charge in [-0.05, 0) is 48.7 Å². The Kier molecular flexibility index (Phi) is 4.66. The van der Waals surface area contributed by atoms with Crippen LogP contribution in [0.2, 0.25) is 0 Å². The zero-order valence-corrected chi connectivity index (χ0v) is 14.1. The maximum absolute atomic E-state index is 12.2. The van der Waals surface area contributed by atoms with Gasteiger partial charge in [-0.15, -0.1) is 0 Å². The molecule has 0 radical (unpaired) electrons. The Labute approximate surface area is 140 Å². The van der Waals surface area contributed by atoms with Crippen LogP contribution >= 0.6 is 0 Å². The van der Waals surface area contributed by atoms with E-state index in [0.29, 0.717) is 6.42 Å². The number of nitrogens with one attached hydrogen (secondary N) is 2. The van der Waals surface area contributed by atoms with Crippen LogP contribution in [-0.4, -0.2) is 36.6 Å². The fourth-order valence-electron chi connectivity index (χ4n) is 2.59. The van der Waals surface area contributed by atoms with E-state index in [1.165, 1.54) is 0 Å². The van der Waals surface area contributed by atoms with Crippen LogP contribution in [0.3, 0.4) is 0 Å². The number of aliphatic hydroxyl groups is 1. The van der Waals surface area contributed by atoms with Crippen molar-refractivity contribution in [2.24, 2.45) is 0 Å². The summed E-state index contributed by atoms with van der Waals surface area (Å²) in [7, 11) is -3.55. The summed E-state index contributed by atoms with van der Waals surface area (Å²) >= 11 is 0. The van der Waals surface area contributed by atoms with Crippen LogP contribution in [0.5, 0.6) is 0 Å². The summed E-state index contributed by atoms with van der Waals surface area (Å²) in [5.74, 6) is 0. The van der Waals surface area contributed by atoms with Gasteiger partial charge >= 0.3 is 0 Å². The number of hydrogen-bond donors (Lipinski definition) is 3. The number of aromatic amines is 1. The molecule has 2 heterocycles. The molecule has 3 aromatic rings. The van der Waals surface area contributed by atoms with Crippen molar-refractivity contribution < 1.29 is 13.5 Å². The van der Waals surface area contributed by atoms with Crippen molar-refractivity contribution in [3.05, 3.63) is 48.3 Å². The molecule has 3 N–H and O–H groups in total. The summed E-state index contributed by atoms with van der Waals surface area (Å²) < 4.78 is 26.8. The molecule has 2 aromatic heterocycles. The lowest BCUT2D eigenvalue weighted by Gasteiger charge is -2.08. The van der Waals surface area contributed by atoms with Crippen LogP contribution in [0.15, 0.2) is 47.5 Å². The van der Waals surface area contributed by atoms with Crippen molar-refractivity contribution in [1.82, 2.24) is 14.7 Å². The fraction of sp³-hybridized carbons (Fsp3) is 0.235. The largest absolute Gasteiger partial charge is 0.396 e. The Morgan fingerprint density at radius 3 is 2.67 bits per heavy atom. The predicted octanol–water partition coefficient (Wildman–Crippen LogP) is 2.20. The van der Waals surface area contributed by atoms with Gasteiger partial charge in [-0.25, -0.2) is 18.1 Å². The second kappa shape index (κ2) is 6.72. The molecule has 0 aliphatic heterocycles. The number of pyridine rings is 1. The lowest BCUT2D eigenvalue weighted by atomic mass is 10.0. The van der Waals surface area contributed by atoms with Gasteiger partial charge < -0.3 is 10.1 Å². The first kappa shape index (κ1) is 16.6. The monoisotopic (exact) mass is 345 g/mol. The van der Waals surface area contributed by atoms with Gasteiger partial charge in [0.15, 0.2) is 0 Å². The topological polar surface area (TPSA) is 95.1 Å². The van der Waals surface area contributed by atoms with E-state index in [4.69, 9.17) is 5.11 Å². The quantitative estimate of drug-likeness (QED) is 0.597. The van der Waals surface area contributed by atoms with Crippen LogP contribution in [0, 0.1) is 6.92 Å². The van der Waals surface area contributed by atoms with Gasteiger partial charge in [-0.1, -0.05) is 12.1 Å². The molecule has 7 heteroatoms. The van der Waals surface area contributed by atoms with Gasteiger partial charge in [0.2, 0.25) is 10.0 Å². The molecule has 0 aliphatic rings. The number of aromatic nitrogens is 2. The Balaban J connectivity index is 1.91. The van der Waals surface area contributed by atoms with Gasteiger partial charge in [0.05, 0.1) is 4.90 Å². The van der Waals surface area contributed by atoms with E-state index in [2.05, 4.69) is 14.7 Å². The molecule has 0 aliphatic carbocycles. The van der Waals surface area contributed by atoms with Crippen LogP contribution in [0.25, 0.3) is 22.2 Å². The third kappa shape index (κ3) is 3.33. The van der Waals surface area contributed by atoms with Gasteiger partial charge in [-0.3, -0.25) is 0 Å². The number of fused-ring (bicyclic) bond motifs is 1. The molecular weight excluding hydrogens is 326 g/mol. The molecule has 0 spiro atoms. The van der Waals surface area contributed by atoms with Gasteiger partial charge in [0.25, 0.3) is 0 Å². The molecule has 0 fully saturated rings. The molecule has 0 amide bonds. The summed E-state index contributed by atoms with van der Waals surface area (Å²) in [5.41, 5.74) is 3.77. The highest BCUT2D eigenvalue weighted by Crippen LogP contribution is 2.28. The Bertz CT molecular complexity index is 947. The van der Waals surface area contributed by atoms with Crippen LogP contribution in [0.1, 0.15) is 12.1 Å². The molecule has 126 valence electrons. The fourth-order valence-corrected chi connectivity index (χ4v) is 3.67. The minimum absolute atomic E-state index is 0.0461. The first-order valence-electron chi connectivity index (χ1n) is 7.66. The first-order valence-corrected chi connectivity index (χ1v) is 9.15. The van der Waals surface area contributed by atoms with Crippen LogP contribution < -0.4 is 4.72 Å². The summed E-state index contributed by atoms with van der Waals surface area (Å²) in [5, 5.41) is 9.75. The molecule has 0 bridgehead atoms. The molecule has 24 heavy (non-hydrogen) atoms. The van der Waals surface area contributed by atoms with E-state index in [-0.39, 0.29) is 18.0 Å². The lowest BCUT2D eigenvalue weighted by Crippen LogP contribution is -2.25. The second-order valence-corrected chi connectivity index (χ2v) is 7.34. The van der Waals surface area contributed by atoms with E-state index < -0.39 is 10.0 Å². The Morgan fingerprint density at radius 2 is 1.96 bits per heavy atom. The number of aryl methyl sites for hydroxylation is 1. The van der Waals surface area contributed by atoms with E-state index in [1.807, 2.05) is 19.1 Å². The van der Waals surface area contributed by atoms with Crippen molar-refractivity contribution in [1.29, 1.82) is 0 Å². The minimum Gasteiger partial charge on any atom is -0.396 e. The second-order valence-electron chi connectivity index (χ2n) is 5.57. The van der Waals surface area contributed by atoms with Gasteiger partial charge in [0, 0.05) is 30.4 Å². The lowest BCUT2D eigenvalue weighted by molar-refractivity contribution is 0.289. The number of H-pyrrole nitrogens is 1. The molecule has 6 nitrogen and oxygen atoms in total. The van der Waals surface area contributed by atoms with Crippen molar-refractivity contribution >= 4 is 21.1 Å². The van der Waals surface area contributed by atoms with Crippen molar-refractivity contribution in [3.63, 3.8) is 0 Å². The van der Waals surface area contributed by atoms with Crippen LogP contribution in [-0.2, 0) is 10.0 Å². The third-order valence-corrected chi connectivity index (χ3v) is 5.25. The molecule has 1 aromatic carbocycles. The first-order chi connectivity index (χ1) is 11.5. The molecule has 0 atom stereocenters. The molecular formula is C17H19N3O3S. The average Bonchev–Trinajstić information content (AvgIpc) is 2.95. The number of sulfonamides is 1. The number of benzene rings is 1. The standard InChI is InChI=1S/C17H19N3O3S/c1-12-11-16-15(7-9-18-17(16)20-12)13-3-5-14(6-4-13)24(22,23)19-8-2-10-21/h3-7,9,11,19,21H,2,8,10H2,1H3,(H,18,20). The predicted molar refractivity (Wildman–Crippen MR) is 93.2 cm³/mol. The third-order valence-electron chi connectivity index (χ3n) is 3.77. The Hall–Kier alpha value is -2.22. The van der Waals surface area contributed by atoms with Gasteiger partial charge in [0.1, 0.15) is 5.65 Å². The zero-order chi connectivity index (χ0) is 17.2. The van der Waals surface area contributed by atoms with Gasteiger partial charge in [-0.2, -0.15) is 0 Å². The average molecular weight is 345 g/mol. The summed E-state index contributed by atoms with van der Waals surface area (Å²) in [4.78, 5) is 7.71. The van der Waals surface area contributed by atoms with E-state index in [0.717, 1.165) is 27.9 Å². The highest BCUT2D eigenvalue weighted by molar-refractivity contribution is 7.89. The highest BCUT2D eigenvalue weighted by atomic mass is 32.2. The number of aliphatic hydroxyl groups excluding tert-OH is 1. The molecule has 0 unspecified atom stereocenters. The normalized spacial score (nSPS) is 11.9. The zero-order valence-electron chi connectivity index (χ0n) is 13.3. The molecule has 0 saturated heterocycles. The van der Waals surface area contributed by atoms with E-state index in [1.54, 1.807) is 30.5 Å². The van der Waals surface area contributed by atoms with E-state index in [9.17, 15) is 8.42 Å². The SMILES string of the molecule is Cc1cc2c(-c3ccc(S(=O)(=O)NCCCO)cc3)ccnc2[nH]1. The number of rotatable bonds is 6. The minimum atomic E-state index is -3.55. The van der Waals surface area contributed by atoms with E-state index >= 15 is 0 Å².